The van der Waals surface area contributed by atoms with Crippen LogP contribution in [0.5, 0.6) is 0 Å². The number of hydrogen-bond acceptors (Lipinski definition) is 4. The van der Waals surface area contributed by atoms with Crippen molar-refractivity contribution in [2.24, 2.45) is 0 Å². The molecule has 1 aromatic rings. The summed E-state index contributed by atoms with van der Waals surface area (Å²) in [5, 5.41) is 8.59. The maximum Gasteiger partial charge on any atom is 0.356 e. The van der Waals surface area contributed by atoms with Gasteiger partial charge in [0.25, 0.3) is 0 Å². The van der Waals surface area contributed by atoms with Gasteiger partial charge in [-0.3, -0.25) is 4.79 Å². The van der Waals surface area contributed by atoms with Gasteiger partial charge < -0.3 is 9.84 Å². The highest BCUT2D eigenvalue weighted by Crippen LogP contribution is 2.07. The zero-order chi connectivity index (χ0) is 11.4. The molecule has 0 amide bonds. The van der Waals surface area contributed by atoms with Crippen LogP contribution in [0.15, 0.2) is 12.1 Å². The smallest absolute Gasteiger partial charge is 0.356 e. The molecule has 5 nitrogen and oxygen atoms in total. The maximum absolute atomic E-state index is 11.2. The number of carbonyl (C=O) groups excluding carboxylic acids is 1. The molecule has 1 rings (SSSR count). The van der Waals surface area contributed by atoms with E-state index in [1.807, 2.05) is 0 Å². The SMILES string of the molecule is COC(=O)c1cc(C)cc(CC(=O)O)n1. The fourth-order valence-corrected chi connectivity index (χ4v) is 1.19. The molecule has 5 heteroatoms. The number of carboxylic acid groups (broad SMARTS) is 1. The van der Waals surface area contributed by atoms with E-state index in [1.54, 1.807) is 19.1 Å². The molecular formula is C10H11NO4. The molecule has 0 atom stereocenters. The normalized spacial score (nSPS) is 9.73. The van der Waals surface area contributed by atoms with Crippen LogP contribution in [0.3, 0.4) is 0 Å². The average Bonchev–Trinajstić information content (AvgIpc) is 2.14. The molecule has 0 aliphatic rings. The van der Waals surface area contributed by atoms with Crippen LogP contribution in [0.2, 0.25) is 0 Å². The van der Waals surface area contributed by atoms with Crippen molar-refractivity contribution >= 4 is 11.9 Å². The van der Waals surface area contributed by atoms with E-state index < -0.39 is 11.9 Å². The summed E-state index contributed by atoms with van der Waals surface area (Å²) in [5.74, 6) is -1.55. The first-order valence-corrected chi connectivity index (χ1v) is 4.30. The number of pyridine rings is 1. The number of nitrogens with zero attached hydrogens (tertiary/aromatic N) is 1. The highest BCUT2D eigenvalue weighted by molar-refractivity contribution is 5.87. The molecule has 1 heterocycles. The minimum absolute atomic E-state index is 0.133. The van der Waals surface area contributed by atoms with E-state index in [9.17, 15) is 9.59 Å². The average molecular weight is 209 g/mol. The van der Waals surface area contributed by atoms with Crippen molar-refractivity contribution in [1.82, 2.24) is 4.98 Å². The standard InChI is InChI=1S/C10H11NO4/c1-6-3-7(5-9(12)13)11-8(4-6)10(14)15-2/h3-4H,5H2,1-2H3,(H,12,13). The van der Waals surface area contributed by atoms with Gasteiger partial charge >= 0.3 is 11.9 Å². The van der Waals surface area contributed by atoms with E-state index >= 15 is 0 Å². The summed E-state index contributed by atoms with van der Waals surface area (Å²) >= 11 is 0. The molecule has 0 bridgehead atoms. The van der Waals surface area contributed by atoms with Crippen LogP contribution in [0, 0.1) is 6.92 Å². The first-order valence-electron chi connectivity index (χ1n) is 4.30. The molecule has 1 N–H and O–H groups in total. The Labute approximate surface area is 86.7 Å². The number of esters is 1. The van der Waals surface area contributed by atoms with Gasteiger partial charge in [0.05, 0.1) is 19.2 Å². The summed E-state index contributed by atoms with van der Waals surface area (Å²) in [6.45, 7) is 1.76. The predicted octanol–water partition coefficient (Wildman–Crippen LogP) is 0.804. The predicted molar refractivity (Wildman–Crippen MR) is 51.7 cm³/mol. The van der Waals surface area contributed by atoms with E-state index in [-0.39, 0.29) is 12.1 Å². The van der Waals surface area contributed by atoms with E-state index in [0.29, 0.717) is 5.69 Å². The van der Waals surface area contributed by atoms with Gasteiger partial charge in [0.15, 0.2) is 0 Å². The Kier molecular flexibility index (Phi) is 3.38. The van der Waals surface area contributed by atoms with Crippen LogP contribution in [0.4, 0.5) is 0 Å². The van der Waals surface area contributed by atoms with Gasteiger partial charge in [0.1, 0.15) is 5.69 Å². The molecule has 0 saturated heterocycles. The number of methoxy groups -OCH3 is 1. The lowest BCUT2D eigenvalue weighted by molar-refractivity contribution is -0.136. The Bertz CT molecular complexity index is 400. The minimum atomic E-state index is -0.982. The summed E-state index contributed by atoms with van der Waals surface area (Å²) < 4.78 is 4.50. The number of hydrogen-bond donors (Lipinski definition) is 1. The molecule has 0 aliphatic carbocycles. The van der Waals surface area contributed by atoms with Crippen LogP contribution in [0.1, 0.15) is 21.7 Å². The van der Waals surface area contributed by atoms with Gasteiger partial charge in [-0.1, -0.05) is 0 Å². The quantitative estimate of drug-likeness (QED) is 0.745. The van der Waals surface area contributed by atoms with Crippen molar-refractivity contribution in [3.05, 3.63) is 29.1 Å². The van der Waals surface area contributed by atoms with Crippen molar-refractivity contribution in [2.45, 2.75) is 13.3 Å². The number of carboxylic acids is 1. The number of rotatable bonds is 3. The van der Waals surface area contributed by atoms with Crippen LogP contribution < -0.4 is 0 Å². The topological polar surface area (TPSA) is 76.5 Å². The second-order valence-electron chi connectivity index (χ2n) is 3.08. The number of ether oxygens (including phenoxy) is 1. The zero-order valence-corrected chi connectivity index (χ0v) is 8.48. The van der Waals surface area contributed by atoms with Crippen molar-refractivity contribution < 1.29 is 19.4 Å². The lowest BCUT2D eigenvalue weighted by atomic mass is 10.2. The van der Waals surface area contributed by atoms with Crippen LogP contribution in [-0.2, 0) is 16.0 Å². The molecule has 0 unspecified atom stereocenters. The highest BCUT2D eigenvalue weighted by atomic mass is 16.5. The molecule has 0 aromatic carbocycles. The van der Waals surface area contributed by atoms with Gasteiger partial charge in [-0.05, 0) is 24.6 Å². The minimum Gasteiger partial charge on any atom is -0.481 e. The Hall–Kier alpha value is -1.91. The molecule has 0 fully saturated rings. The lowest BCUT2D eigenvalue weighted by Crippen LogP contribution is -2.09. The first kappa shape index (κ1) is 11.2. The third kappa shape index (κ3) is 3.05. The van der Waals surface area contributed by atoms with E-state index in [4.69, 9.17) is 5.11 Å². The van der Waals surface area contributed by atoms with E-state index in [1.165, 1.54) is 7.11 Å². The maximum atomic E-state index is 11.2. The fraction of sp³-hybridized carbons (Fsp3) is 0.300. The lowest BCUT2D eigenvalue weighted by Gasteiger charge is -2.03. The third-order valence-corrected chi connectivity index (χ3v) is 1.75. The van der Waals surface area contributed by atoms with Gasteiger partial charge in [0.2, 0.25) is 0 Å². The second-order valence-corrected chi connectivity index (χ2v) is 3.08. The fourth-order valence-electron chi connectivity index (χ4n) is 1.19. The van der Waals surface area contributed by atoms with Gasteiger partial charge in [-0.25, -0.2) is 9.78 Å². The summed E-state index contributed by atoms with van der Waals surface area (Å²) in [4.78, 5) is 25.5. The monoisotopic (exact) mass is 209 g/mol. The molecule has 1 aromatic heterocycles. The zero-order valence-electron chi connectivity index (χ0n) is 8.48. The summed E-state index contributed by atoms with van der Waals surface area (Å²) in [5.41, 5.74) is 1.26. The van der Waals surface area contributed by atoms with Gasteiger partial charge in [0, 0.05) is 0 Å². The van der Waals surface area contributed by atoms with Crippen LogP contribution >= 0.6 is 0 Å². The van der Waals surface area contributed by atoms with Crippen molar-refractivity contribution in [3.63, 3.8) is 0 Å². The highest BCUT2D eigenvalue weighted by Gasteiger charge is 2.10. The molecule has 0 saturated carbocycles. The number of aryl methyl sites for hydroxylation is 1. The molecular weight excluding hydrogens is 198 g/mol. The molecule has 80 valence electrons. The summed E-state index contributed by atoms with van der Waals surface area (Å²) in [6, 6.07) is 3.18. The summed E-state index contributed by atoms with van der Waals surface area (Å²) in [7, 11) is 1.25. The Balaban J connectivity index is 3.04. The largest absolute Gasteiger partial charge is 0.481 e. The Morgan fingerprint density at radius 2 is 2.13 bits per heavy atom. The number of aromatic nitrogens is 1. The van der Waals surface area contributed by atoms with E-state index in [2.05, 4.69) is 9.72 Å². The van der Waals surface area contributed by atoms with Crippen molar-refractivity contribution in [1.29, 1.82) is 0 Å². The van der Waals surface area contributed by atoms with Gasteiger partial charge in [-0.2, -0.15) is 0 Å². The summed E-state index contributed by atoms with van der Waals surface area (Å²) in [6.07, 6.45) is -0.203. The third-order valence-electron chi connectivity index (χ3n) is 1.75. The molecule has 0 aliphatic heterocycles. The second kappa shape index (κ2) is 4.54. The van der Waals surface area contributed by atoms with E-state index in [0.717, 1.165) is 5.56 Å². The molecule has 0 spiro atoms. The first-order chi connectivity index (χ1) is 7.02. The van der Waals surface area contributed by atoms with Crippen LogP contribution in [-0.4, -0.2) is 29.1 Å². The Morgan fingerprint density at radius 3 is 2.67 bits per heavy atom. The number of aliphatic carboxylic acids is 1. The van der Waals surface area contributed by atoms with Crippen molar-refractivity contribution in [3.8, 4) is 0 Å². The van der Waals surface area contributed by atoms with Crippen molar-refractivity contribution in [2.75, 3.05) is 7.11 Å². The van der Waals surface area contributed by atoms with Gasteiger partial charge in [-0.15, -0.1) is 0 Å². The molecule has 15 heavy (non-hydrogen) atoms. The Morgan fingerprint density at radius 1 is 1.47 bits per heavy atom. The number of carbonyl (C=O) groups is 2. The molecule has 0 radical (unpaired) electrons. The van der Waals surface area contributed by atoms with Crippen LogP contribution in [0.25, 0.3) is 0 Å².